The Kier molecular flexibility index (Phi) is 3.93. The molecule has 0 aliphatic heterocycles. The first-order valence-corrected chi connectivity index (χ1v) is 6.48. The predicted molar refractivity (Wildman–Crippen MR) is 67.3 cm³/mol. The maximum atomic E-state index is 11.4. The van der Waals surface area contributed by atoms with Crippen molar-refractivity contribution >= 4 is 27.7 Å². The number of nitrogens with one attached hydrogen (secondary N) is 1. The van der Waals surface area contributed by atoms with Crippen LogP contribution in [0.4, 0.5) is 5.82 Å². The van der Waals surface area contributed by atoms with Gasteiger partial charge in [0.25, 0.3) is 0 Å². The minimum absolute atomic E-state index is 0.147. The first-order chi connectivity index (χ1) is 8.15. The minimum Gasteiger partial charge on any atom is -0.476 e. The van der Waals surface area contributed by atoms with E-state index in [1.807, 2.05) is 0 Å². The van der Waals surface area contributed by atoms with Gasteiger partial charge in [0, 0.05) is 6.07 Å². The number of halogens is 1. The molecule has 5 nitrogen and oxygen atoms in total. The predicted octanol–water partition coefficient (Wildman–Crippen LogP) is 1.99. The van der Waals surface area contributed by atoms with E-state index in [2.05, 4.69) is 31.4 Å². The molecule has 17 heavy (non-hydrogen) atoms. The average Bonchev–Trinajstić information content (AvgIpc) is 3.12. The Morgan fingerprint density at radius 2 is 2.35 bits per heavy atom. The van der Waals surface area contributed by atoms with Gasteiger partial charge in [0.05, 0.1) is 11.4 Å². The minimum atomic E-state index is -0.255. The van der Waals surface area contributed by atoms with E-state index >= 15 is 0 Å². The molecule has 0 radical (unpaired) electrons. The highest BCUT2D eigenvalue weighted by atomic mass is 79.9. The molecular weight excluding hydrogens is 286 g/mol. The van der Waals surface area contributed by atoms with Gasteiger partial charge >= 0.3 is 0 Å². The number of aromatic nitrogens is 2. The summed E-state index contributed by atoms with van der Waals surface area (Å²) in [5, 5.41) is 10.4. The molecule has 1 unspecified atom stereocenters. The fourth-order valence-corrected chi connectivity index (χ4v) is 1.29. The molecule has 0 saturated heterocycles. The van der Waals surface area contributed by atoms with Crippen molar-refractivity contribution in [2.45, 2.75) is 24.6 Å². The largest absolute Gasteiger partial charge is 0.476 e. The van der Waals surface area contributed by atoms with Gasteiger partial charge in [-0.05, 0) is 31.7 Å². The van der Waals surface area contributed by atoms with Crippen LogP contribution in [0.1, 0.15) is 19.8 Å². The van der Waals surface area contributed by atoms with Crippen LogP contribution in [0.3, 0.4) is 0 Å². The maximum absolute atomic E-state index is 11.4. The molecule has 1 aliphatic rings. The Balaban J connectivity index is 1.85. The molecule has 1 aromatic heterocycles. The summed E-state index contributed by atoms with van der Waals surface area (Å²) in [6, 6.07) is 3.40. The zero-order valence-corrected chi connectivity index (χ0v) is 11.1. The monoisotopic (exact) mass is 299 g/mol. The van der Waals surface area contributed by atoms with Crippen molar-refractivity contribution in [1.29, 1.82) is 0 Å². The lowest BCUT2D eigenvalue weighted by Crippen LogP contribution is -2.20. The van der Waals surface area contributed by atoms with Gasteiger partial charge in [-0.3, -0.25) is 4.79 Å². The molecule has 0 spiro atoms. The number of amides is 1. The number of alkyl halides is 1. The van der Waals surface area contributed by atoms with Gasteiger partial charge < -0.3 is 10.1 Å². The number of carbonyl (C=O) groups is 1. The average molecular weight is 300 g/mol. The van der Waals surface area contributed by atoms with Crippen molar-refractivity contribution in [3.63, 3.8) is 0 Å². The number of rotatable bonds is 5. The topological polar surface area (TPSA) is 64.1 Å². The Morgan fingerprint density at radius 3 is 2.88 bits per heavy atom. The molecule has 92 valence electrons. The molecule has 6 heteroatoms. The highest BCUT2D eigenvalue weighted by Gasteiger charge is 2.22. The second-order valence-electron chi connectivity index (χ2n) is 4.12. The first-order valence-electron chi connectivity index (χ1n) is 5.56. The second-order valence-corrected chi connectivity index (χ2v) is 5.49. The van der Waals surface area contributed by atoms with E-state index in [1.165, 1.54) is 12.8 Å². The number of hydrogen-bond acceptors (Lipinski definition) is 4. The lowest BCUT2D eigenvalue weighted by Gasteiger charge is -2.06. The van der Waals surface area contributed by atoms with E-state index in [4.69, 9.17) is 4.74 Å². The SMILES string of the molecule is CC(Br)C(=O)Nc1ccc(OCC2CC2)nn1. The molecule has 2 rings (SSSR count). The second kappa shape index (κ2) is 5.44. The highest BCUT2D eigenvalue weighted by Crippen LogP contribution is 2.29. The maximum Gasteiger partial charge on any atom is 0.239 e. The molecule has 1 aliphatic carbocycles. The van der Waals surface area contributed by atoms with Crippen LogP contribution in [-0.4, -0.2) is 27.5 Å². The number of nitrogens with zero attached hydrogens (tertiary/aromatic N) is 2. The third kappa shape index (κ3) is 3.96. The molecule has 0 aromatic carbocycles. The zero-order chi connectivity index (χ0) is 12.3. The Morgan fingerprint density at radius 1 is 1.59 bits per heavy atom. The van der Waals surface area contributed by atoms with Crippen molar-refractivity contribution < 1.29 is 9.53 Å². The molecule has 1 heterocycles. The zero-order valence-electron chi connectivity index (χ0n) is 9.52. The Hall–Kier alpha value is -1.17. The summed E-state index contributed by atoms with van der Waals surface area (Å²) < 4.78 is 5.44. The Labute approximate surface area is 108 Å². The van der Waals surface area contributed by atoms with E-state index in [9.17, 15) is 4.79 Å². The molecule has 1 N–H and O–H groups in total. The van der Waals surface area contributed by atoms with Gasteiger partial charge in [-0.1, -0.05) is 15.9 Å². The number of hydrogen-bond donors (Lipinski definition) is 1. The van der Waals surface area contributed by atoms with Crippen LogP contribution in [0.15, 0.2) is 12.1 Å². The lowest BCUT2D eigenvalue weighted by molar-refractivity contribution is -0.115. The Bertz CT molecular complexity index is 390. The summed E-state index contributed by atoms with van der Waals surface area (Å²) in [5.41, 5.74) is 0. The van der Waals surface area contributed by atoms with Crippen molar-refractivity contribution in [3.05, 3.63) is 12.1 Å². The van der Waals surface area contributed by atoms with Crippen molar-refractivity contribution in [2.24, 2.45) is 5.92 Å². The van der Waals surface area contributed by atoms with Gasteiger partial charge in [-0.2, -0.15) is 0 Å². The van der Waals surface area contributed by atoms with Crippen LogP contribution >= 0.6 is 15.9 Å². The molecular formula is C11H14BrN3O2. The molecule has 0 bridgehead atoms. The van der Waals surface area contributed by atoms with E-state index in [1.54, 1.807) is 19.1 Å². The molecule has 1 atom stereocenters. The summed E-state index contributed by atoms with van der Waals surface area (Å²) >= 11 is 3.17. The number of ether oxygens (including phenoxy) is 1. The lowest BCUT2D eigenvalue weighted by atomic mass is 10.4. The number of anilines is 1. The van der Waals surface area contributed by atoms with Crippen molar-refractivity contribution in [1.82, 2.24) is 10.2 Å². The van der Waals surface area contributed by atoms with E-state index in [0.717, 1.165) is 0 Å². The van der Waals surface area contributed by atoms with Gasteiger partial charge in [0.2, 0.25) is 11.8 Å². The molecule has 1 amide bonds. The van der Waals surface area contributed by atoms with Gasteiger partial charge in [-0.15, -0.1) is 10.2 Å². The van der Waals surface area contributed by atoms with Gasteiger partial charge in [0.15, 0.2) is 5.82 Å². The third-order valence-corrected chi connectivity index (χ3v) is 2.83. The van der Waals surface area contributed by atoms with E-state index < -0.39 is 0 Å². The highest BCUT2D eigenvalue weighted by molar-refractivity contribution is 9.10. The first kappa shape index (κ1) is 12.3. The van der Waals surface area contributed by atoms with E-state index in [0.29, 0.717) is 24.2 Å². The molecule has 1 fully saturated rings. The van der Waals surface area contributed by atoms with Crippen LogP contribution in [0.25, 0.3) is 0 Å². The number of carbonyl (C=O) groups excluding carboxylic acids is 1. The van der Waals surface area contributed by atoms with Crippen molar-refractivity contribution in [2.75, 3.05) is 11.9 Å². The van der Waals surface area contributed by atoms with Crippen LogP contribution in [0, 0.1) is 5.92 Å². The molecule has 1 saturated carbocycles. The summed E-state index contributed by atoms with van der Waals surface area (Å²) in [6.45, 7) is 2.45. The van der Waals surface area contributed by atoms with Crippen LogP contribution in [-0.2, 0) is 4.79 Å². The van der Waals surface area contributed by atoms with Gasteiger partial charge in [0.1, 0.15) is 0 Å². The van der Waals surface area contributed by atoms with Crippen LogP contribution in [0.2, 0.25) is 0 Å². The van der Waals surface area contributed by atoms with Crippen LogP contribution < -0.4 is 10.1 Å². The molecule has 1 aromatic rings. The standard InChI is InChI=1S/C11H14BrN3O2/c1-7(12)11(16)13-9-4-5-10(15-14-9)17-6-8-2-3-8/h4-5,7-8H,2-3,6H2,1H3,(H,13,14,16). The summed E-state index contributed by atoms with van der Waals surface area (Å²) in [6.07, 6.45) is 2.48. The normalized spacial score (nSPS) is 16.4. The quantitative estimate of drug-likeness (QED) is 0.845. The summed E-state index contributed by atoms with van der Waals surface area (Å²) in [7, 11) is 0. The fourth-order valence-electron chi connectivity index (χ4n) is 1.18. The summed E-state index contributed by atoms with van der Waals surface area (Å²) in [5.74, 6) is 1.47. The van der Waals surface area contributed by atoms with E-state index in [-0.39, 0.29) is 10.7 Å². The summed E-state index contributed by atoms with van der Waals surface area (Å²) in [4.78, 5) is 11.1. The fraction of sp³-hybridized carbons (Fsp3) is 0.545. The van der Waals surface area contributed by atoms with Crippen molar-refractivity contribution in [3.8, 4) is 5.88 Å². The van der Waals surface area contributed by atoms with Gasteiger partial charge in [-0.25, -0.2) is 0 Å². The third-order valence-electron chi connectivity index (χ3n) is 2.42. The smallest absolute Gasteiger partial charge is 0.239 e. The van der Waals surface area contributed by atoms with Crippen LogP contribution in [0.5, 0.6) is 5.88 Å².